The fourth-order valence-electron chi connectivity index (χ4n) is 1.24. The molecule has 2 rings (SSSR count). The quantitative estimate of drug-likeness (QED) is 0.822. The van der Waals surface area contributed by atoms with E-state index in [0.717, 1.165) is 15.4 Å². The Bertz CT molecular complexity index is 517. The predicted octanol–water partition coefficient (Wildman–Crippen LogP) is 2.31. The summed E-state index contributed by atoms with van der Waals surface area (Å²) in [5, 5.41) is 0.935. The Morgan fingerprint density at radius 3 is 2.75 bits per heavy atom. The summed E-state index contributed by atoms with van der Waals surface area (Å²) in [6.07, 6.45) is 4.74. The van der Waals surface area contributed by atoms with E-state index in [4.69, 9.17) is 5.73 Å². The number of primary amides is 1. The van der Waals surface area contributed by atoms with Crippen molar-refractivity contribution in [1.29, 1.82) is 0 Å². The molecule has 0 unspecified atom stereocenters. The highest BCUT2D eigenvalue weighted by molar-refractivity contribution is 7.15. The van der Waals surface area contributed by atoms with Gasteiger partial charge in [-0.2, -0.15) is 0 Å². The number of hydrogen-bond donors (Lipinski definition) is 1. The predicted molar refractivity (Wildman–Crippen MR) is 65.8 cm³/mol. The fourth-order valence-corrected chi connectivity index (χ4v) is 2.07. The number of amides is 1. The van der Waals surface area contributed by atoms with Crippen LogP contribution in [0.25, 0.3) is 16.6 Å². The molecule has 0 aliphatic heterocycles. The minimum atomic E-state index is -0.449. The van der Waals surface area contributed by atoms with Crippen LogP contribution in [0.5, 0.6) is 0 Å². The third-order valence-corrected chi connectivity index (χ3v) is 2.97. The van der Waals surface area contributed by atoms with Crippen molar-refractivity contribution >= 4 is 23.3 Å². The maximum absolute atomic E-state index is 10.6. The standard InChI is InChI=1S/C12H10N2OS/c13-11(15)7-6-10-8-14-12(16-10)9-4-2-1-3-5-9/h1-8H,(H2,13,15)/b7-6+. The summed E-state index contributed by atoms with van der Waals surface area (Å²) < 4.78 is 0. The van der Waals surface area contributed by atoms with Gasteiger partial charge in [-0.15, -0.1) is 11.3 Å². The van der Waals surface area contributed by atoms with Crippen molar-refractivity contribution in [1.82, 2.24) is 4.98 Å². The van der Waals surface area contributed by atoms with Crippen LogP contribution in [0.3, 0.4) is 0 Å². The molecule has 0 spiro atoms. The number of carbonyl (C=O) groups excluding carboxylic acids is 1. The first-order chi connectivity index (χ1) is 7.75. The fraction of sp³-hybridized carbons (Fsp3) is 0. The van der Waals surface area contributed by atoms with Crippen LogP contribution < -0.4 is 5.73 Å². The molecule has 80 valence electrons. The van der Waals surface area contributed by atoms with E-state index in [-0.39, 0.29) is 0 Å². The van der Waals surface area contributed by atoms with Gasteiger partial charge in [0.05, 0.1) is 0 Å². The smallest absolute Gasteiger partial charge is 0.241 e. The minimum Gasteiger partial charge on any atom is -0.366 e. The topological polar surface area (TPSA) is 56.0 Å². The molecular weight excluding hydrogens is 220 g/mol. The molecule has 4 heteroatoms. The van der Waals surface area contributed by atoms with Crippen LogP contribution in [0.15, 0.2) is 42.6 Å². The Balaban J connectivity index is 2.23. The molecule has 1 heterocycles. The van der Waals surface area contributed by atoms with E-state index in [1.807, 2.05) is 30.3 Å². The molecule has 0 atom stereocenters. The van der Waals surface area contributed by atoms with Gasteiger partial charge in [0.15, 0.2) is 0 Å². The number of carbonyl (C=O) groups is 1. The summed E-state index contributed by atoms with van der Waals surface area (Å²) in [6.45, 7) is 0. The number of nitrogens with zero attached hydrogens (tertiary/aromatic N) is 1. The lowest BCUT2D eigenvalue weighted by atomic mass is 10.2. The van der Waals surface area contributed by atoms with Crippen LogP contribution in [-0.2, 0) is 4.79 Å². The molecule has 0 saturated heterocycles. The molecule has 2 N–H and O–H groups in total. The first-order valence-electron chi connectivity index (χ1n) is 4.74. The summed E-state index contributed by atoms with van der Waals surface area (Å²) in [5.41, 5.74) is 6.09. The van der Waals surface area contributed by atoms with Crippen molar-refractivity contribution in [3.63, 3.8) is 0 Å². The molecule has 1 aromatic heterocycles. The Kier molecular flexibility index (Phi) is 3.12. The maximum Gasteiger partial charge on any atom is 0.241 e. The van der Waals surface area contributed by atoms with Gasteiger partial charge in [0.25, 0.3) is 0 Å². The molecule has 0 saturated carbocycles. The van der Waals surface area contributed by atoms with Crippen molar-refractivity contribution in [3.8, 4) is 10.6 Å². The van der Waals surface area contributed by atoms with Crippen molar-refractivity contribution in [2.75, 3.05) is 0 Å². The van der Waals surface area contributed by atoms with E-state index < -0.39 is 5.91 Å². The summed E-state index contributed by atoms with van der Waals surface area (Å²) in [6, 6.07) is 9.90. The third kappa shape index (κ3) is 2.55. The lowest BCUT2D eigenvalue weighted by Gasteiger charge is -1.92. The second kappa shape index (κ2) is 4.72. The van der Waals surface area contributed by atoms with Crippen LogP contribution in [0, 0.1) is 0 Å². The molecule has 2 aromatic rings. The Hall–Kier alpha value is -1.94. The number of hydrogen-bond acceptors (Lipinski definition) is 3. The molecule has 1 aromatic carbocycles. The van der Waals surface area contributed by atoms with Gasteiger partial charge in [0.1, 0.15) is 5.01 Å². The Morgan fingerprint density at radius 2 is 2.06 bits per heavy atom. The van der Waals surface area contributed by atoms with E-state index in [2.05, 4.69) is 4.98 Å². The zero-order valence-corrected chi connectivity index (χ0v) is 9.28. The van der Waals surface area contributed by atoms with E-state index in [1.54, 1.807) is 12.3 Å². The van der Waals surface area contributed by atoms with Crippen molar-refractivity contribution < 1.29 is 4.79 Å². The van der Waals surface area contributed by atoms with Crippen LogP contribution in [0.1, 0.15) is 4.88 Å². The highest BCUT2D eigenvalue weighted by atomic mass is 32.1. The highest BCUT2D eigenvalue weighted by Gasteiger charge is 2.01. The van der Waals surface area contributed by atoms with Crippen molar-refractivity contribution in [2.24, 2.45) is 5.73 Å². The molecule has 1 amide bonds. The SMILES string of the molecule is NC(=O)/C=C/c1cnc(-c2ccccc2)s1. The van der Waals surface area contributed by atoms with Gasteiger partial charge in [-0.1, -0.05) is 30.3 Å². The average molecular weight is 230 g/mol. The van der Waals surface area contributed by atoms with E-state index >= 15 is 0 Å². The summed E-state index contributed by atoms with van der Waals surface area (Å²) in [5.74, 6) is -0.449. The van der Waals surface area contributed by atoms with Gasteiger partial charge in [-0.25, -0.2) is 4.98 Å². The van der Waals surface area contributed by atoms with E-state index in [0.29, 0.717) is 0 Å². The second-order valence-electron chi connectivity index (χ2n) is 3.17. The minimum absolute atomic E-state index is 0.449. The molecule has 0 bridgehead atoms. The van der Waals surface area contributed by atoms with Crippen LogP contribution >= 0.6 is 11.3 Å². The highest BCUT2D eigenvalue weighted by Crippen LogP contribution is 2.25. The number of nitrogens with two attached hydrogens (primary N) is 1. The van der Waals surface area contributed by atoms with Gasteiger partial charge >= 0.3 is 0 Å². The van der Waals surface area contributed by atoms with Gasteiger partial charge in [0.2, 0.25) is 5.91 Å². The Morgan fingerprint density at radius 1 is 1.31 bits per heavy atom. The normalized spacial score (nSPS) is 10.8. The molecule has 0 aliphatic rings. The lowest BCUT2D eigenvalue weighted by Crippen LogP contribution is -2.04. The summed E-state index contributed by atoms with van der Waals surface area (Å²) in [4.78, 5) is 15.8. The third-order valence-electron chi connectivity index (χ3n) is 1.96. The molecule has 3 nitrogen and oxygen atoms in total. The number of benzene rings is 1. The van der Waals surface area contributed by atoms with Crippen LogP contribution in [-0.4, -0.2) is 10.9 Å². The van der Waals surface area contributed by atoms with Gasteiger partial charge in [-0.05, 0) is 6.08 Å². The van der Waals surface area contributed by atoms with Gasteiger partial charge in [0, 0.05) is 22.7 Å². The van der Waals surface area contributed by atoms with E-state index in [1.165, 1.54) is 17.4 Å². The van der Waals surface area contributed by atoms with Crippen LogP contribution in [0.4, 0.5) is 0 Å². The summed E-state index contributed by atoms with van der Waals surface area (Å²) >= 11 is 1.52. The number of rotatable bonds is 3. The lowest BCUT2D eigenvalue weighted by molar-refractivity contribution is -0.113. The second-order valence-corrected chi connectivity index (χ2v) is 4.23. The molecular formula is C12H10N2OS. The zero-order valence-electron chi connectivity index (χ0n) is 8.46. The summed E-state index contributed by atoms with van der Waals surface area (Å²) in [7, 11) is 0. The van der Waals surface area contributed by atoms with Crippen LogP contribution in [0.2, 0.25) is 0 Å². The average Bonchev–Trinajstić information content (AvgIpc) is 2.76. The monoisotopic (exact) mass is 230 g/mol. The first kappa shape index (κ1) is 10.6. The Labute approximate surface area is 97.3 Å². The number of thiazole rings is 1. The van der Waals surface area contributed by atoms with Gasteiger partial charge < -0.3 is 5.73 Å². The molecule has 16 heavy (non-hydrogen) atoms. The molecule has 0 aliphatic carbocycles. The maximum atomic E-state index is 10.6. The zero-order chi connectivity index (χ0) is 11.4. The number of aromatic nitrogens is 1. The largest absolute Gasteiger partial charge is 0.366 e. The van der Waals surface area contributed by atoms with E-state index in [9.17, 15) is 4.79 Å². The molecule has 0 fully saturated rings. The van der Waals surface area contributed by atoms with Gasteiger partial charge in [-0.3, -0.25) is 4.79 Å². The molecule has 0 radical (unpaired) electrons. The van der Waals surface area contributed by atoms with Crippen molar-refractivity contribution in [2.45, 2.75) is 0 Å². The van der Waals surface area contributed by atoms with Crippen molar-refractivity contribution in [3.05, 3.63) is 47.5 Å². The first-order valence-corrected chi connectivity index (χ1v) is 5.56.